The first-order chi connectivity index (χ1) is 5.61. The Morgan fingerprint density at radius 3 is 2.67 bits per heavy atom. The minimum atomic E-state index is -1.63. The Hall–Kier alpha value is -0.810. The van der Waals surface area contributed by atoms with E-state index in [-0.39, 0.29) is 12.5 Å². The van der Waals surface area contributed by atoms with Gasteiger partial charge in [0.05, 0.1) is 6.61 Å². The predicted octanol–water partition coefficient (Wildman–Crippen LogP) is -0.777. The highest BCUT2D eigenvalue weighted by Gasteiger charge is 2.17. The molecule has 0 fully saturated rings. The number of hydrogen-bond acceptors (Lipinski definition) is 4. The molecule has 6 heteroatoms. The van der Waals surface area contributed by atoms with Crippen LogP contribution in [0.4, 0.5) is 0 Å². The van der Waals surface area contributed by atoms with Crippen LogP contribution >= 0.6 is 11.6 Å². The topological polar surface area (TPSA) is 75.6 Å². The minimum absolute atomic E-state index is 0.145. The van der Waals surface area contributed by atoms with Gasteiger partial charge in [0.1, 0.15) is 5.88 Å². The van der Waals surface area contributed by atoms with E-state index in [1.54, 1.807) is 6.92 Å². The van der Waals surface area contributed by atoms with Crippen LogP contribution in [0, 0.1) is 0 Å². The summed E-state index contributed by atoms with van der Waals surface area (Å²) in [5, 5.41) is 10.8. The fourth-order valence-electron chi connectivity index (χ4n) is 0.471. The van der Waals surface area contributed by atoms with Crippen LogP contribution in [0.2, 0.25) is 0 Å². The SMILES string of the molecule is CCOC(=O)C(O)NC(=O)CCl. The Bertz CT molecular complexity index is 173. The molecule has 0 radical (unpaired) electrons. The van der Waals surface area contributed by atoms with E-state index < -0.39 is 18.1 Å². The van der Waals surface area contributed by atoms with Crippen molar-refractivity contribution in [2.75, 3.05) is 12.5 Å². The summed E-state index contributed by atoms with van der Waals surface area (Å²) in [6.07, 6.45) is -1.63. The summed E-state index contributed by atoms with van der Waals surface area (Å²) in [4.78, 5) is 21.2. The number of carbonyl (C=O) groups is 2. The van der Waals surface area contributed by atoms with Gasteiger partial charge in [0, 0.05) is 0 Å². The van der Waals surface area contributed by atoms with Crippen molar-refractivity contribution in [1.82, 2.24) is 5.32 Å². The number of esters is 1. The third-order valence-electron chi connectivity index (χ3n) is 0.929. The predicted molar refractivity (Wildman–Crippen MR) is 41.5 cm³/mol. The maximum Gasteiger partial charge on any atom is 0.356 e. The van der Waals surface area contributed by atoms with Gasteiger partial charge in [-0.3, -0.25) is 4.79 Å². The molecule has 2 N–H and O–H groups in total. The molecule has 0 saturated heterocycles. The second-order valence-electron chi connectivity index (χ2n) is 1.86. The van der Waals surface area contributed by atoms with E-state index in [1.807, 2.05) is 5.32 Å². The number of halogens is 1. The number of aliphatic hydroxyl groups excluding tert-OH is 1. The van der Waals surface area contributed by atoms with Crippen molar-refractivity contribution in [1.29, 1.82) is 0 Å². The molecule has 12 heavy (non-hydrogen) atoms. The van der Waals surface area contributed by atoms with Crippen molar-refractivity contribution < 1.29 is 19.4 Å². The van der Waals surface area contributed by atoms with E-state index in [0.29, 0.717) is 0 Å². The van der Waals surface area contributed by atoms with Crippen LogP contribution in [0.25, 0.3) is 0 Å². The van der Waals surface area contributed by atoms with Crippen LogP contribution in [-0.2, 0) is 14.3 Å². The number of rotatable bonds is 4. The smallest absolute Gasteiger partial charge is 0.356 e. The summed E-state index contributed by atoms with van der Waals surface area (Å²) >= 11 is 5.10. The number of nitrogens with one attached hydrogen (secondary N) is 1. The molecule has 0 heterocycles. The zero-order valence-electron chi connectivity index (χ0n) is 6.54. The zero-order valence-corrected chi connectivity index (χ0v) is 7.30. The quantitative estimate of drug-likeness (QED) is 0.351. The van der Waals surface area contributed by atoms with Gasteiger partial charge in [-0.15, -0.1) is 11.6 Å². The molecule has 1 amide bonds. The average molecular weight is 196 g/mol. The van der Waals surface area contributed by atoms with Gasteiger partial charge in [0.25, 0.3) is 0 Å². The molecule has 0 bridgehead atoms. The maximum atomic E-state index is 10.7. The van der Waals surface area contributed by atoms with Gasteiger partial charge in [-0.1, -0.05) is 0 Å². The molecule has 0 spiro atoms. The van der Waals surface area contributed by atoms with Crippen molar-refractivity contribution >= 4 is 23.5 Å². The highest BCUT2D eigenvalue weighted by Crippen LogP contribution is 1.85. The van der Waals surface area contributed by atoms with Crippen LogP contribution in [-0.4, -0.2) is 35.7 Å². The van der Waals surface area contributed by atoms with Crippen molar-refractivity contribution in [3.8, 4) is 0 Å². The third-order valence-corrected chi connectivity index (χ3v) is 1.17. The molecular formula is C6H10ClNO4. The molecule has 1 atom stereocenters. The van der Waals surface area contributed by atoms with Gasteiger partial charge >= 0.3 is 5.97 Å². The van der Waals surface area contributed by atoms with Crippen molar-refractivity contribution in [3.05, 3.63) is 0 Å². The summed E-state index contributed by atoms with van der Waals surface area (Å²) in [6, 6.07) is 0. The van der Waals surface area contributed by atoms with E-state index in [0.717, 1.165) is 0 Å². The van der Waals surface area contributed by atoms with Crippen molar-refractivity contribution in [2.24, 2.45) is 0 Å². The third kappa shape index (κ3) is 4.15. The lowest BCUT2D eigenvalue weighted by Gasteiger charge is -2.09. The van der Waals surface area contributed by atoms with Gasteiger partial charge in [0.2, 0.25) is 12.1 Å². The standard InChI is InChI=1S/C6H10ClNO4/c1-2-12-6(11)5(10)8-4(9)3-7/h5,10H,2-3H2,1H3,(H,8,9). The molecule has 70 valence electrons. The number of amides is 1. The number of hydrogen-bond donors (Lipinski definition) is 2. The summed E-state index contributed by atoms with van der Waals surface area (Å²) in [7, 11) is 0. The Labute approximate surface area is 74.6 Å². The van der Waals surface area contributed by atoms with Crippen LogP contribution < -0.4 is 5.32 Å². The van der Waals surface area contributed by atoms with Gasteiger partial charge in [-0.05, 0) is 6.92 Å². The van der Waals surface area contributed by atoms with E-state index in [1.165, 1.54) is 0 Å². The molecule has 5 nitrogen and oxygen atoms in total. The molecule has 0 saturated carbocycles. The Morgan fingerprint density at radius 1 is 1.67 bits per heavy atom. The van der Waals surface area contributed by atoms with Gasteiger partial charge in [-0.2, -0.15) is 0 Å². The molecular weight excluding hydrogens is 186 g/mol. The minimum Gasteiger partial charge on any atom is -0.463 e. The van der Waals surface area contributed by atoms with Crippen LogP contribution in [0.1, 0.15) is 6.92 Å². The van der Waals surface area contributed by atoms with Crippen LogP contribution in [0.3, 0.4) is 0 Å². The summed E-state index contributed by atoms with van der Waals surface area (Å²) in [5.41, 5.74) is 0. The summed E-state index contributed by atoms with van der Waals surface area (Å²) < 4.78 is 4.40. The molecule has 0 aliphatic carbocycles. The van der Waals surface area contributed by atoms with E-state index >= 15 is 0 Å². The second kappa shape index (κ2) is 5.79. The number of carbonyl (C=O) groups excluding carboxylic acids is 2. The Balaban J connectivity index is 3.78. The van der Waals surface area contributed by atoms with Crippen LogP contribution in [0.5, 0.6) is 0 Å². The average Bonchev–Trinajstić information content (AvgIpc) is 2.04. The van der Waals surface area contributed by atoms with E-state index in [9.17, 15) is 9.59 Å². The second-order valence-corrected chi connectivity index (χ2v) is 2.12. The van der Waals surface area contributed by atoms with Crippen molar-refractivity contribution in [3.63, 3.8) is 0 Å². The molecule has 0 aromatic carbocycles. The molecule has 0 aliphatic rings. The van der Waals surface area contributed by atoms with Crippen LogP contribution in [0.15, 0.2) is 0 Å². The fraction of sp³-hybridized carbons (Fsp3) is 0.667. The lowest BCUT2D eigenvalue weighted by molar-refractivity contribution is -0.156. The van der Waals surface area contributed by atoms with Crippen molar-refractivity contribution in [2.45, 2.75) is 13.2 Å². The highest BCUT2D eigenvalue weighted by molar-refractivity contribution is 6.27. The van der Waals surface area contributed by atoms with E-state index in [4.69, 9.17) is 16.7 Å². The Morgan fingerprint density at radius 2 is 2.25 bits per heavy atom. The number of aliphatic hydroxyl groups is 1. The normalized spacial score (nSPS) is 11.9. The van der Waals surface area contributed by atoms with E-state index in [2.05, 4.69) is 4.74 Å². The lowest BCUT2D eigenvalue weighted by atomic mass is 10.5. The largest absolute Gasteiger partial charge is 0.463 e. The van der Waals surface area contributed by atoms with Gasteiger partial charge < -0.3 is 15.2 Å². The summed E-state index contributed by atoms with van der Waals surface area (Å²) in [6.45, 7) is 1.74. The lowest BCUT2D eigenvalue weighted by Crippen LogP contribution is -2.42. The number of alkyl halides is 1. The fourth-order valence-corrected chi connectivity index (χ4v) is 0.548. The molecule has 0 rings (SSSR count). The monoisotopic (exact) mass is 195 g/mol. The first-order valence-electron chi connectivity index (χ1n) is 3.31. The first kappa shape index (κ1) is 11.2. The summed E-state index contributed by atoms with van der Waals surface area (Å²) in [5.74, 6) is -1.83. The maximum absolute atomic E-state index is 10.7. The Kier molecular flexibility index (Phi) is 5.40. The molecule has 1 unspecified atom stereocenters. The highest BCUT2D eigenvalue weighted by atomic mass is 35.5. The number of ether oxygens (including phenoxy) is 1. The molecule has 0 aromatic heterocycles. The van der Waals surface area contributed by atoms with Gasteiger partial charge in [-0.25, -0.2) is 4.79 Å². The first-order valence-corrected chi connectivity index (χ1v) is 3.85. The molecule has 0 aliphatic heterocycles. The zero-order chi connectivity index (χ0) is 9.56. The van der Waals surface area contributed by atoms with Gasteiger partial charge in [0.15, 0.2) is 0 Å². The molecule has 0 aromatic rings.